The van der Waals surface area contributed by atoms with Gasteiger partial charge < -0.3 is 10.6 Å². The van der Waals surface area contributed by atoms with Crippen LogP contribution in [0.4, 0.5) is 0 Å². The summed E-state index contributed by atoms with van der Waals surface area (Å²) in [6.07, 6.45) is 20.2. The van der Waals surface area contributed by atoms with Crippen LogP contribution in [0.15, 0.2) is 0 Å². The Bertz CT molecular complexity index is 211. The maximum absolute atomic E-state index is 10.3. The third kappa shape index (κ3) is 24.9. The Hall–Kier alpha value is -0.0375. The second-order valence-corrected chi connectivity index (χ2v) is 6.09. The van der Waals surface area contributed by atoms with Gasteiger partial charge in [0.05, 0.1) is 0 Å². The van der Waals surface area contributed by atoms with Crippen molar-refractivity contribution in [2.45, 2.75) is 110 Å². The predicted octanol–water partition coefficient (Wildman–Crippen LogP) is 4.59. The molecule has 0 amide bonds. The summed E-state index contributed by atoms with van der Waals surface area (Å²) in [6.45, 7) is 2.27. The van der Waals surface area contributed by atoms with Crippen molar-refractivity contribution in [2.75, 3.05) is 0 Å². The molecule has 1 radical (unpaired) electrons. The number of aliphatic carboxylic acids is 1. The van der Waals surface area contributed by atoms with Crippen LogP contribution < -0.4 is 0 Å². The molecule has 0 fully saturated rings. The van der Waals surface area contributed by atoms with Gasteiger partial charge in [0.1, 0.15) is 17.4 Å². The van der Waals surface area contributed by atoms with E-state index >= 15 is 0 Å². The number of rotatable bonds is 16. The molecule has 3 N–H and O–H groups in total. The molecule has 0 aromatic heterocycles. The van der Waals surface area contributed by atoms with E-state index in [4.69, 9.17) is 5.11 Å². The first kappa shape index (κ1) is 26.8. The lowest BCUT2D eigenvalue weighted by Gasteiger charge is -2.03. The molecule has 3 nitrogen and oxygen atoms in total. The van der Waals surface area contributed by atoms with Crippen molar-refractivity contribution in [3.05, 3.63) is 0 Å². The minimum Gasteiger partial charge on any atom is -0.481 e. The quantitative estimate of drug-likeness (QED) is 0.332. The minimum atomic E-state index is -0.653. The lowest BCUT2D eigenvalue weighted by atomic mass is 10.0. The monoisotopic (exact) mass is 331 g/mol. The van der Waals surface area contributed by atoms with Crippen LogP contribution in [-0.2, 0) is 4.79 Å². The van der Waals surface area contributed by atoms with Crippen molar-refractivity contribution in [1.82, 2.24) is 0 Å². The Morgan fingerprint density at radius 3 is 1.18 bits per heavy atom. The molecule has 0 rings (SSSR count). The molecule has 4 heteroatoms. The molecular weight excluding hydrogens is 291 g/mol. The highest BCUT2D eigenvalue weighted by Gasteiger charge is 1.97. The number of carboxylic acids is 1. The van der Waals surface area contributed by atoms with Gasteiger partial charge in [-0.2, -0.15) is 0 Å². The van der Waals surface area contributed by atoms with Crippen LogP contribution in [0.3, 0.4) is 0 Å². The first-order valence-electron chi connectivity index (χ1n) is 8.99. The predicted molar refractivity (Wildman–Crippen MR) is 99.3 cm³/mol. The Balaban J connectivity index is -0.00000180. The highest BCUT2D eigenvalue weighted by Crippen LogP contribution is 2.13. The second-order valence-electron chi connectivity index (χ2n) is 6.09. The van der Waals surface area contributed by atoms with Crippen molar-refractivity contribution in [2.24, 2.45) is 0 Å². The number of carbonyl (C=O) groups is 1. The Morgan fingerprint density at radius 1 is 0.636 bits per heavy atom. The van der Waals surface area contributed by atoms with Crippen LogP contribution in [0.5, 0.6) is 0 Å². The molecule has 0 atom stereocenters. The molecule has 0 aliphatic heterocycles. The molecule has 133 valence electrons. The zero-order valence-electron chi connectivity index (χ0n) is 15.2. The van der Waals surface area contributed by atoms with Crippen LogP contribution >= 0.6 is 0 Å². The van der Waals surface area contributed by atoms with Gasteiger partial charge >= 0.3 is 5.97 Å². The van der Waals surface area contributed by atoms with Crippen molar-refractivity contribution in [3.63, 3.8) is 0 Å². The molecule has 0 spiro atoms. The van der Waals surface area contributed by atoms with Gasteiger partial charge in [-0.05, 0) is 6.42 Å². The molecule has 0 saturated heterocycles. The molecule has 0 aromatic rings. The fourth-order valence-electron chi connectivity index (χ4n) is 2.65. The fourth-order valence-corrected chi connectivity index (χ4v) is 2.65. The van der Waals surface area contributed by atoms with E-state index in [9.17, 15) is 4.79 Å². The lowest BCUT2D eigenvalue weighted by molar-refractivity contribution is -0.137. The number of unbranched alkanes of at least 4 members (excludes halogenated alkanes) is 14. The summed E-state index contributed by atoms with van der Waals surface area (Å²) in [5, 5.41) is 8.52. The maximum Gasteiger partial charge on any atom is 0.303 e. The molecule has 0 heterocycles. The first-order valence-corrected chi connectivity index (χ1v) is 8.99. The second kappa shape index (κ2) is 23.2. The van der Waals surface area contributed by atoms with Gasteiger partial charge in [-0.15, -0.1) is 0 Å². The summed E-state index contributed by atoms with van der Waals surface area (Å²) in [6, 6.07) is 0. The van der Waals surface area contributed by atoms with E-state index < -0.39 is 5.97 Å². The highest BCUT2D eigenvalue weighted by atomic mass is 27.0. The Morgan fingerprint density at radius 2 is 0.909 bits per heavy atom. The summed E-state index contributed by atoms with van der Waals surface area (Å²) < 4.78 is 0. The zero-order chi connectivity index (χ0) is 14.9. The van der Waals surface area contributed by atoms with Gasteiger partial charge in [0.2, 0.25) is 0 Å². The van der Waals surface area contributed by atoms with Crippen molar-refractivity contribution < 1.29 is 15.4 Å². The fraction of sp³-hybridized carbons (Fsp3) is 0.944. The lowest BCUT2D eigenvalue weighted by Crippen LogP contribution is -1.93. The zero-order valence-corrected chi connectivity index (χ0v) is 17.2. The van der Waals surface area contributed by atoms with E-state index in [-0.39, 0.29) is 22.8 Å². The maximum atomic E-state index is 10.3. The summed E-state index contributed by atoms with van der Waals surface area (Å²) >= 11 is 0. The van der Waals surface area contributed by atoms with Crippen LogP contribution in [0, 0.1) is 0 Å². The third-order valence-corrected chi connectivity index (χ3v) is 3.99. The van der Waals surface area contributed by atoms with Gasteiger partial charge in [-0.25, -0.2) is 0 Å². The SMILES string of the molecule is CCCCCCCCCCCCCCCCCC(=O)O.O.[AlH2]. The van der Waals surface area contributed by atoms with E-state index in [1.165, 1.54) is 83.5 Å². The molecule has 0 unspecified atom stereocenters. The number of hydrogen-bond donors (Lipinski definition) is 1. The van der Waals surface area contributed by atoms with Crippen LogP contribution in [0.1, 0.15) is 110 Å². The van der Waals surface area contributed by atoms with E-state index in [2.05, 4.69) is 6.92 Å². The van der Waals surface area contributed by atoms with Gasteiger partial charge in [0, 0.05) is 6.42 Å². The normalized spacial score (nSPS) is 9.86. The average Bonchev–Trinajstić information content (AvgIpc) is 2.43. The molecular formula is C18H40AlO3. The van der Waals surface area contributed by atoms with E-state index in [0.29, 0.717) is 6.42 Å². The van der Waals surface area contributed by atoms with Crippen molar-refractivity contribution in [3.8, 4) is 0 Å². The largest absolute Gasteiger partial charge is 0.481 e. The molecule has 22 heavy (non-hydrogen) atoms. The van der Waals surface area contributed by atoms with Gasteiger partial charge in [-0.3, -0.25) is 4.79 Å². The van der Waals surface area contributed by atoms with Gasteiger partial charge in [-0.1, -0.05) is 96.8 Å². The summed E-state index contributed by atoms with van der Waals surface area (Å²) in [5.74, 6) is -0.653. The standard InChI is InChI=1S/C18H36O2.Al.H2O.2H/c1-2-3-4-5-6-7-8-9-10-11-12-13-14-15-16-17-18(19)20;;;;/h2-17H2,1H3,(H,19,20);;1H2;;. The number of carboxylic acid groups (broad SMARTS) is 1. The van der Waals surface area contributed by atoms with Crippen LogP contribution in [0.25, 0.3) is 0 Å². The summed E-state index contributed by atoms with van der Waals surface area (Å²) in [4.78, 5) is 10.3. The van der Waals surface area contributed by atoms with E-state index in [1.807, 2.05) is 0 Å². The number of hydrogen-bond acceptors (Lipinski definition) is 1. The minimum absolute atomic E-state index is 0. The van der Waals surface area contributed by atoms with E-state index in [1.54, 1.807) is 0 Å². The third-order valence-electron chi connectivity index (χ3n) is 3.99. The molecule has 0 aliphatic carbocycles. The van der Waals surface area contributed by atoms with Gasteiger partial charge in [0.15, 0.2) is 0 Å². The molecule has 0 aromatic carbocycles. The van der Waals surface area contributed by atoms with Gasteiger partial charge in [0.25, 0.3) is 0 Å². The van der Waals surface area contributed by atoms with Crippen molar-refractivity contribution in [1.29, 1.82) is 0 Å². The molecule has 0 bridgehead atoms. The summed E-state index contributed by atoms with van der Waals surface area (Å²) in [5.41, 5.74) is 0. The summed E-state index contributed by atoms with van der Waals surface area (Å²) in [7, 11) is 0. The average molecular weight is 331 g/mol. The Kier molecular flexibility index (Phi) is 28.3. The first-order chi connectivity index (χ1) is 9.77. The van der Waals surface area contributed by atoms with E-state index in [0.717, 1.165) is 12.8 Å². The van der Waals surface area contributed by atoms with Crippen LogP contribution in [0.2, 0.25) is 0 Å². The highest BCUT2D eigenvalue weighted by molar-refractivity contribution is 5.75. The van der Waals surface area contributed by atoms with Crippen LogP contribution in [-0.4, -0.2) is 33.9 Å². The molecule has 0 saturated carbocycles. The Labute approximate surface area is 148 Å². The smallest absolute Gasteiger partial charge is 0.303 e. The van der Waals surface area contributed by atoms with Crippen molar-refractivity contribution >= 4 is 23.3 Å². The topological polar surface area (TPSA) is 68.8 Å². The molecule has 0 aliphatic rings.